The van der Waals surface area contributed by atoms with Gasteiger partial charge in [0.05, 0.1) is 5.69 Å². The second-order valence-electron chi connectivity index (χ2n) is 6.15. The number of aryl methyl sites for hydroxylation is 1. The number of likely N-dealkylation sites (N-methyl/N-ethyl adjacent to an activating group) is 1. The standard InChI is InChI=1S/C15H26N4O2/c1-12-5-7-14(8-6-12)18(2)15(21)11-19-10-13(16-17-19)4-3-9-20/h10,12,14,20H,3-9,11H2,1-2H3. The van der Waals surface area contributed by atoms with Gasteiger partial charge < -0.3 is 10.0 Å². The van der Waals surface area contributed by atoms with Crippen molar-refractivity contribution < 1.29 is 9.90 Å². The summed E-state index contributed by atoms with van der Waals surface area (Å²) in [5.41, 5.74) is 0.825. The van der Waals surface area contributed by atoms with Crippen molar-refractivity contribution in [3.05, 3.63) is 11.9 Å². The number of hydrogen-bond acceptors (Lipinski definition) is 4. The van der Waals surface area contributed by atoms with Crippen molar-refractivity contribution in [1.82, 2.24) is 19.9 Å². The summed E-state index contributed by atoms with van der Waals surface area (Å²) in [6, 6.07) is 0.367. The molecule has 0 saturated heterocycles. The van der Waals surface area contributed by atoms with E-state index in [1.807, 2.05) is 11.9 Å². The monoisotopic (exact) mass is 294 g/mol. The van der Waals surface area contributed by atoms with Crippen LogP contribution in [0.25, 0.3) is 0 Å². The first-order chi connectivity index (χ1) is 10.1. The molecule has 0 aromatic carbocycles. The Labute approximate surface area is 126 Å². The van der Waals surface area contributed by atoms with E-state index in [-0.39, 0.29) is 19.1 Å². The molecule has 21 heavy (non-hydrogen) atoms. The van der Waals surface area contributed by atoms with E-state index in [1.54, 1.807) is 10.9 Å². The largest absolute Gasteiger partial charge is 0.396 e. The molecule has 6 nitrogen and oxygen atoms in total. The van der Waals surface area contributed by atoms with Gasteiger partial charge in [-0.2, -0.15) is 0 Å². The zero-order valence-electron chi connectivity index (χ0n) is 13.0. The first kappa shape index (κ1) is 15.9. The van der Waals surface area contributed by atoms with Crippen LogP contribution in [0.5, 0.6) is 0 Å². The van der Waals surface area contributed by atoms with Gasteiger partial charge >= 0.3 is 0 Å². The van der Waals surface area contributed by atoms with Crippen LogP contribution in [0.3, 0.4) is 0 Å². The van der Waals surface area contributed by atoms with Gasteiger partial charge in [0.2, 0.25) is 5.91 Å². The normalized spacial score (nSPS) is 22.2. The Morgan fingerprint density at radius 1 is 1.43 bits per heavy atom. The van der Waals surface area contributed by atoms with Gasteiger partial charge in [-0.3, -0.25) is 4.79 Å². The summed E-state index contributed by atoms with van der Waals surface area (Å²) < 4.78 is 1.59. The quantitative estimate of drug-likeness (QED) is 0.857. The number of carbonyl (C=O) groups excluding carboxylic acids is 1. The smallest absolute Gasteiger partial charge is 0.244 e. The van der Waals surface area contributed by atoms with Crippen molar-refractivity contribution in [1.29, 1.82) is 0 Å². The Kier molecular flexibility index (Phi) is 5.73. The summed E-state index contributed by atoms with van der Waals surface area (Å²) >= 11 is 0. The van der Waals surface area contributed by atoms with Gasteiger partial charge in [0.25, 0.3) is 0 Å². The maximum atomic E-state index is 12.3. The summed E-state index contributed by atoms with van der Waals surface area (Å²) in [4.78, 5) is 14.2. The summed E-state index contributed by atoms with van der Waals surface area (Å²) in [5.74, 6) is 0.877. The highest BCUT2D eigenvalue weighted by Gasteiger charge is 2.24. The number of carbonyl (C=O) groups is 1. The predicted molar refractivity (Wildman–Crippen MR) is 79.6 cm³/mol. The Bertz CT molecular complexity index is 452. The van der Waals surface area contributed by atoms with E-state index >= 15 is 0 Å². The highest BCUT2D eigenvalue weighted by atomic mass is 16.2. The average Bonchev–Trinajstić information content (AvgIpc) is 2.92. The number of aliphatic hydroxyl groups excluding tert-OH is 1. The third kappa shape index (κ3) is 4.52. The molecular weight excluding hydrogens is 268 g/mol. The lowest BCUT2D eigenvalue weighted by Gasteiger charge is -2.33. The zero-order chi connectivity index (χ0) is 15.2. The molecule has 1 aliphatic rings. The van der Waals surface area contributed by atoms with Crippen LogP contribution < -0.4 is 0 Å². The van der Waals surface area contributed by atoms with Crippen LogP contribution in [0, 0.1) is 5.92 Å². The van der Waals surface area contributed by atoms with Crippen LogP contribution in [0.4, 0.5) is 0 Å². The van der Waals surface area contributed by atoms with Gasteiger partial charge in [-0.1, -0.05) is 12.1 Å². The molecule has 0 radical (unpaired) electrons. The lowest BCUT2D eigenvalue weighted by Crippen LogP contribution is -2.41. The number of hydrogen-bond donors (Lipinski definition) is 1. The molecule has 1 aliphatic carbocycles. The van der Waals surface area contributed by atoms with Gasteiger partial charge in [0, 0.05) is 25.9 Å². The average molecular weight is 294 g/mol. The summed E-state index contributed by atoms with van der Waals surface area (Å²) in [7, 11) is 1.90. The molecule has 0 aliphatic heterocycles. The minimum Gasteiger partial charge on any atom is -0.396 e. The SMILES string of the molecule is CC1CCC(N(C)C(=O)Cn2cc(CCCO)nn2)CC1. The lowest BCUT2D eigenvalue weighted by atomic mass is 9.87. The fourth-order valence-electron chi connectivity index (χ4n) is 2.87. The minimum atomic E-state index is 0.0909. The molecule has 1 amide bonds. The van der Waals surface area contributed by atoms with Crippen molar-refractivity contribution in [3.8, 4) is 0 Å². The van der Waals surface area contributed by atoms with E-state index < -0.39 is 0 Å². The molecule has 2 rings (SSSR count). The number of aromatic nitrogens is 3. The molecule has 1 aromatic rings. The Hall–Kier alpha value is -1.43. The van der Waals surface area contributed by atoms with Crippen molar-refractivity contribution in [2.45, 2.75) is 58.0 Å². The first-order valence-corrected chi connectivity index (χ1v) is 7.85. The molecule has 1 heterocycles. The number of amides is 1. The van der Waals surface area contributed by atoms with E-state index in [0.717, 1.165) is 24.5 Å². The minimum absolute atomic E-state index is 0.0909. The Morgan fingerprint density at radius 2 is 2.14 bits per heavy atom. The van der Waals surface area contributed by atoms with Gasteiger partial charge in [0.1, 0.15) is 6.54 Å². The van der Waals surface area contributed by atoms with Crippen LogP contribution in [0.1, 0.15) is 44.7 Å². The van der Waals surface area contributed by atoms with Gasteiger partial charge in [-0.25, -0.2) is 4.68 Å². The van der Waals surface area contributed by atoms with Crippen LogP contribution in [-0.4, -0.2) is 50.6 Å². The molecule has 0 bridgehead atoms. The third-order valence-corrected chi connectivity index (χ3v) is 4.40. The highest BCUT2D eigenvalue weighted by molar-refractivity contribution is 5.75. The Balaban J connectivity index is 1.84. The summed E-state index contributed by atoms with van der Waals surface area (Å²) in [5, 5.41) is 16.8. The maximum absolute atomic E-state index is 12.3. The molecule has 1 saturated carbocycles. The molecule has 1 aromatic heterocycles. The summed E-state index contributed by atoms with van der Waals surface area (Å²) in [6.07, 6.45) is 7.77. The zero-order valence-corrected chi connectivity index (χ0v) is 13.0. The first-order valence-electron chi connectivity index (χ1n) is 7.85. The van der Waals surface area contributed by atoms with E-state index in [9.17, 15) is 4.79 Å². The van der Waals surface area contributed by atoms with Crippen molar-refractivity contribution in [2.24, 2.45) is 5.92 Å². The van der Waals surface area contributed by atoms with E-state index in [2.05, 4.69) is 17.2 Å². The van der Waals surface area contributed by atoms with Crippen molar-refractivity contribution in [3.63, 3.8) is 0 Å². The molecule has 1 N–H and O–H groups in total. The van der Waals surface area contributed by atoms with Crippen LogP contribution >= 0.6 is 0 Å². The molecular formula is C15H26N4O2. The third-order valence-electron chi connectivity index (χ3n) is 4.40. The molecule has 1 fully saturated rings. The van der Waals surface area contributed by atoms with Crippen molar-refractivity contribution >= 4 is 5.91 Å². The lowest BCUT2D eigenvalue weighted by molar-refractivity contribution is -0.133. The van der Waals surface area contributed by atoms with Gasteiger partial charge in [-0.05, 0) is 44.4 Å². The van der Waals surface area contributed by atoms with Crippen molar-refractivity contribution in [2.75, 3.05) is 13.7 Å². The Morgan fingerprint density at radius 3 is 2.81 bits per heavy atom. The van der Waals surface area contributed by atoms with E-state index in [1.165, 1.54) is 12.8 Å². The molecule has 6 heteroatoms. The molecule has 118 valence electrons. The highest BCUT2D eigenvalue weighted by Crippen LogP contribution is 2.26. The van der Waals surface area contributed by atoms with E-state index in [0.29, 0.717) is 18.9 Å². The molecule has 0 spiro atoms. The fraction of sp³-hybridized carbons (Fsp3) is 0.800. The van der Waals surface area contributed by atoms with Crippen LogP contribution in [-0.2, 0) is 17.8 Å². The van der Waals surface area contributed by atoms with Crippen LogP contribution in [0.15, 0.2) is 6.20 Å². The van der Waals surface area contributed by atoms with Gasteiger partial charge in [0.15, 0.2) is 0 Å². The molecule has 0 unspecified atom stereocenters. The maximum Gasteiger partial charge on any atom is 0.244 e. The number of nitrogens with zero attached hydrogens (tertiary/aromatic N) is 4. The second kappa shape index (κ2) is 7.54. The number of rotatable bonds is 6. The second-order valence-corrected chi connectivity index (χ2v) is 6.15. The van der Waals surface area contributed by atoms with Gasteiger partial charge in [-0.15, -0.1) is 5.10 Å². The van der Waals surface area contributed by atoms with E-state index in [4.69, 9.17) is 5.11 Å². The summed E-state index contributed by atoms with van der Waals surface area (Å²) in [6.45, 7) is 2.67. The topological polar surface area (TPSA) is 71.2 Å². The number of aliphatic hydroxyl groups is 1. The molecule has 0 atom stereocenters. The predicted octanol–water partition coefficient (Wildman–Crippen LogP) is 1.24. The van der Waals surface area contributed by atoms with Crippen LogP contribution in [0.2, 0.25) is 0 Å². The fourth-order valence-corrected chi connectivity index (χ4v) is 2.87.